The van der Waals surface area contributed by atoms with Gasteiger partial charge in [0.2, 0.25) is 0 Å². The zero-order valence-corrected chi connectivity index (χ0v) is 10.9. The zero-order valence-electron chi connectivity index (χ0n) is 10.1. The molecule has 1 heterocycles. The molecule has 1 fully saturated rings. The summed E-state index contributed by atoms with van der Waals surface area (Å²) in [7, 11) is 1.65. The number of aromatic hydroxyl groups is 1. The Morgan fingerprint density at radius 3 is 2.71 bits per heavy atom. The van der Waals surface area contributed by atoms with Crippen LogP contribution in [0.15, 0.2) is 18.2 Å². The number of piperidine rings is 1. The first-order valence-corrected chi connectivity index (χ1v) is 5.86. The standard InChI is InChI=1S/C13H19NO2.ClH/c1-16-12-2-3-13(15)11(9-12)8-10-4-6-14-7-5-10;/h2-3,9-10,14-15H,4-8H2,1H3;1H. The largest absolute Gasteiger partial charge is 0.508 e. The highest BCUT2D eigenvalue weighted by Gasteiger charge is 2.15. The second kappa shape index (κ2) is 6.72. The highest BCUT2D eigenvalue weighted by atomic mass is 35.5. The lowest BCUT2D eigenvalue weighted by molar-refractivity contribution is 0.364. The van der Waals surface area contributed by atoms with Crippen LogP contribution < -0.4 is 10.1 Å². The van der Waals surface area contributed by atoms with Crippen LogP contribution >= 0.6 is 12.4 Å². The van der Waals surface area contributed by atoms with Gasteiger partial charge in [-0.2, -0.15) is 0 Å². The van der Waals surface area contributed by atoms with E-state index in [2.05, 4.69) is 5.32 Å². The van der Waals surface area contributed by atoms with Gasteiger partial charge in [-0.15, -0.1) is 12.4 Å². The highest BCUT2D eigenvalue weighted by Crippen LogP contribution is 2.27. The van der Waals surface area contributed by atoms with E-state index in [4.69, 9.17) is 4.74 Å². The maximum Gasteiger partial charge on any atom is 0.119 e. The number of hydrogen-bond acceptors (Lipinski definition) is 3. The molecule has 0 spiro atoms. The van der Waals surface area contributed by atoms with Gasteiger partial charge in [0.25, 0.3) is 0 Å². The van der Waals surface area contributed by atoms with Crippen LogP contribution in [0.5, 0.6) is 11.5 Å². The SMILES string of the molecule is COc1ccc(O)c(CC2CCNCC2)c1.Cl. The fourth-order valence-electron chi connectivity index (χ4n) is 2.25. The molecule has 1 aliphatic rings. The summed E-state index contributed by atoms with van der Waals surface area (Å²) >= 11 is 0. The summed E-state index contributed by atoms with van der Waals surface area (Å²) in [5, 5.41) is 13.1. The van der Waals surface area contributed by atoms with Crippen molar-refractivity contribution in [1.29, 1.82) is 0 Å². The summed E-state index contributed by atoms with van der Waals surface area (Å²) in [6.45, 7) is 2.19. The molecule has 1 aromatic rings. The number of nitrogens with one attached hydrogen (secondary N) is 1. The summed E-state index contributed by atoms with van der Waals surface area (Å²) in [6.07, 6.45) is 3.33. The van der Waals surface area contributed by atoms with Gasteiger partial charge in [-0.05, 0) is 62.0 Å². The minimum absolute atomic E-state index is 0. The third kappa shape index (κ3) is 3.79. The topological polar surface area (TPSA) is 41.5 Å². The predicted octanol–water partition coefficient (Wildman–Crippen LogP) is 2.36. The van der Waals surface area contributed by atoms with Crippen molar-refractivity contribution in [1.82, 2.24) is 5.32 Å². The molecule has 1 saturated heterocycles. The maximum absolute atomic E-state index is 9.79. The van der Waals surface area contributed by atoms with Crippen LogP contribution in [0.4, 0.5) is 0 Å². The number of hydrogen-bond donors (Lipinski definition) is 2. The quantitative estimate of drug-likeness (QED) is 0.874. The maximum atomic E-state index is 9.79. The van der Waals surface area contributed by atoms with E-state index in [1.165, 1.54) is 12.8 Å². The lowest BCUT2D eigenvalue weighted by atomic mass is 9.90. The molecule has 4 heteroatoms. The van der Waals surface area contributed by atoms with Gasteiger partial charge in [0.05, 0.1) is 7.11 Å². The monoisotopic (exact) mass is 257 g/mol. The van der Waals surface area contributed by atoms with Crippen molar-refractivity contribution in [3.63, 3.8) is 0 Å². The van der Waals surface area contributed by atoms with E-state index >= 15 is 0 Å². The average molecular weight is 258 g/mol. The third-order valence-electron chi connectivity index (χ3n) is 3.25. The van der Waals surface area contributed by atoms with Crippen LogP contribution in [0.25, 0.3) is 0 Å². The summed E-state index contributed by atoms with van der Waals surface area (Å²) in [4.78, 5) is 0. The Kier molecular flexibility index (Phi) is 5.59. The van der Waals surface area contributed by atoms with Crippen molar-refractivity contribution >= 4 is 12.4 Å². The number of rotatable bonds is 3. The fraction of sp³-hybridized carbons (Fsp3) is 0.538. The first kappa shape index (κ1) is 14.1. The summed E-state index contributed by atoms with van der Waals surface area (Å²) in [5.41, 5.74) is 1.01. The number of benzene rings is 1. The van der Waals surface area contributed by atoms with Gasteiger partial charge in [-0.3, -0.25) is 0 Å². The molecular weight excluding hydrogens is 238 g/mol. The van der Waals surface area contributed by atoms with Gasteiger partial charge in [-0.1, -0.05) is 0 Å². The van der Waals surface area contributed by atoms with Crippen molar-refractivity contribution in [2.24, 2.45) is 5.92 Å². The summed E-state index contributed by atoms with van der Waals surface area (Å²) in [6, 6.07) is 5.45. The minimum Gasteiger partial charge on any atom is -0.508 e. The molecule has 0 amide bonds. The molecule has 0 bridgehead atoms. The second-order valence-corrected chi connectivity index (χ2v) is 4.39. The normalized spacial score (nSPS) is 16.3. The second-order valence-electron chi connectivity index (χ2n) is 4.39. The molecule has 0 unspecified atom stereocenters. The Balaban J connectivity index is 0.00000144. The predicted molar refractivity (Wildman–Crippen MR) is 71.2 cm³/mol. The molecule has 2 rings (SSSR count). The van der Waals surface area contributed by atoms with Crippen LogP contribution in [-0.4, -0.2) is 25.3 Å². The lowest BCUT2D eigenvalue weighted by Crippen LogP contribution is -2.28. The summed E-state index contributed by atoms with van der Waals surface area (Å²) in [5.74, 6) is 1.89. The molecule has 0 atom stereocenters. The van der Waals surface area contributed by atoms with Crippen LogP contribution in [-0.2, 0) is 6.42 Å². The van der Waals surface area contributed by atoms with E-state index in [0.29, 0.717) is 11.7 Å². The van der Waals surface area contributed by atoms with Crippen LogP contribution in [0.3, 0.4) is 0 Å². The molecule has 96 valence electrons. The molecular formula is C13H20ClNO2. The lowest BCUT2D eigenvalue weighted by Gasteiger charge is -2.23. The van der Waals surface area contributed by atoms with Crippen molar-refractivity contribution in [2.45, 2.75) is 19.3 Å². The van der Waals surface area contributed by atoms with Crippen molar-refractivity contribution in [3.8, 4) is 11.5 Å². The van der Waals surface area contributed by atoms with E-state index < -0.39 is 0 Å². The number of phenols is 1. The van der Waals surface area contributed by atoms with E-state index in [9.17, 15) is 5.11 Å². The molecule has 17 heavy (non-hydrogen) atoms. The highest BCUT2D eigenvalue weighted by molar-refractivity contribution is 5.85. The minimum atomic E-state index is 0. The van der Waals surface area contributed by atoms with Crippen molar-refractivity contribution < 1.29 is 9.84 Å². The van der Waals surface area contributed by atoms with Crippen molar-refractivity contribution in [2.75, 3.05) is 20.2 Å². The molecule has 0 saturated carbocycles. The molecule has 0 radical (unpaired) electrons. The van der Waals surface area contributed by atoms with Gasteiger partial charge in [0.15, 0.2) is 0 Å². The van der Waals surface area contributed by atoms with Crippen LogP contribution in [0.1, 0.15) is 18.4 Å². The van der Waals surface area contributed by atoms with E-state index in [-0.39, 0.29) is 12.4 Å². The Labute approximate surface area is 109 Å². The molecule has 1 aromatic carbocycles. The van der Waals surface area contributed by atoms with E-state index in [1.807, 2.05) is 6.07 Å². The first-order chi connectivity index (χ1) is 7.79. The number of ether oxygens (including phenoxy) is 1. The summed E-state index contributed by atoms with van der Waals surface area (Å²) < 4.78 is 5.18. The van der Waals surface area contributed by atoms with Crippen LogP contribution in [0, 0.1) is 5.92 Å². The zero-order chi connectivity index (χ0) is 11.4. The first-order valence-electron chi connectivity index (χ1n) is 5.86. The molecule has 0 aromatic heterocycles. The Morgan fingerprint density at radius 2 is 2.06 bits per heavy atom. The number of halogens is 1. The molecule has 3 nitrogen and oxygen atoms in total. The van der Waals surface area contributed by atoms with Crippen LogP contribution in [0.2, 0.25) is 0 Å². The van der Waals surface area contributed by atoms with Gasteiger partial charge in [0.1, 0.15) is 11.5 Å². The van der Waals surface area contributed by atoms with E-state index in [1.54, 1.807) is 19.2 Å². The Bertz CT molecular complexity index is 351. The molecule has 0 aliphatic carbocycles. The Morgan fingerprint density at radius 1 is 1.35 bits per heavy atom. The fourth-order valence-corrected chi connectivity index (χ4v) is 2.25. The van der Waals surface area contributed by atoms with Gasteiger partial charge in [-0.25, -0.2) is 0 Å². The van der Waals surface area contributed by atoms with Crippen molar-refractivity contribution in [3.05, 3.63) is 23.8 Å². The number of phenolic OH excluding ortho intramolecular Hbond substituents is 1. The smallest absolute Gasteiger partial charge is 0.119 e. The van der Waals surface area contributed by atoms with E-state index in [0.717, 1.165) is 30.8 Å². The number of methoxy groups -OCH3 is 1. The Hall–Kier alpha value is -0.930. The average Bonchev–Trinajstić information content (AvgIpc) is 2.33. The molecule has 2 N–H and O–H groups in total. The molecule has 1 aliphatic heterocycles. The third-order valence-corrected chi connectivity index (χ3v) is 3.25. The van der Waals surface area contributed by atoms with Gasteiger partial charge >= 0.3 is 0 Å². The van der Waals surface area contributed by atoms with Gasteiger partial charge < -0.3 is 15.2 Å². The van der Waals surface area contributed by atoms with Gasteiger partial charge in [0, 0.05) is 0 Å².